The van der Waals surface area contributed by atoms with Crippen molar-refractivity contribution in [3.05, 3.63) is 70.2 Å². The van der Waals surface area contributed by atoms with Crippen LogP contribution in [0.25, 0.3) is 0 Å². The summed E-state index contributed by atoms with van der Waals surface area (Å²) in [6.07, 6.45) is 3.93. The highest BCUT2D eigenvalue weighted by Crippen LogP contribution is 2.26. The third-order valence-corrected chi connectivity index (χ3v) is 5.24. The molecular weight excluding hydrogens is 376 g/mol. The van der Waals surface area contributed by atoms with E-state index in [1.807, 2.05) is 23.6 Å². The van der Waals surface area contributed by atoms with Crippen molar-refractivity contribution in [1.29, 1.82) is 0 Å². The molecule has 3 heterocycles. The van der Waals surface area contributed by atoms with Crippen molar-refractivity contribution in [2.75, 3.05) is 18.5 Å². The van der Waals surface area contributed by atoms with E-state index in [1.54, 1.807) is 17.6 Å². The molecule has 7 nitrogen and oxygen atoms in total. The Labute approximate surface area is 166 Å². The molecule has 0 fully saturated rings. The first kappa shape index (κ1) is 18.4. The smallest absolute Gasteiger partial charge is 0.256 e. The van der Waals surface area contributed by atoms with Gasteiger partial charge in [0, 0.05) is 18.1 Å². The number of aromatic nitrogens is 2. The van der Waals surface area contributed by atoms with Gasteiger partial charge in [0.05, 0.1) is 24.1 Å². The van der Waals surface area contributed by atoms with Crippen molar-refractivity contribution in [3.63, 3.8) is 0 Å². The van der Waals surface area contributed by atoms with Gasteiger partial charge in [-0.25, -0.2) is 0 Å². The van der Waals surface area contributed by atoms with Gasteiger partial charge in [-0.1, -0.05) is 24.3 Å². The Bertz CT molecular complexity index is 968. The number of carbonyl (C=O) groups excluding carboxylic acids is 2. The maximum Gasteiger partial charge on any atom is 0.256 e. The maximum absolute atomic E-state index is 12.3. The van der Waals surface area contributed by atoms with Crippen molar-refractivity contribution in [2.45, 2.75) is 19.1 Å². The Balaban J connectivity index is 1.29. The number of fused-ring (bicyclic) bond motifs is 1. The topological polar surface area (TPSA) is 85.2 Å². The second kappa shape index (κ2) is 8.37. The first-order valence-electron chi connectivity index (χ1n) is 9.01. The van der Waals surface area contributed by atoms with Gasteiger partial charge in [-0.05, 0) is 29.0 Å². The van der Waals surface area contributed by atoms with Gasteiger partial charge in [0.1, 0.15) is 12.6 Å². The first-order valence-corrected chi connectivity index (χ1v) is 9.95. The van der Waals surface area contributed by atoms with E-state index in [1.165, 1.54) is 27.8 Å². The standard InChI is InChI=1S/C20H20N4O3S/c25-19(21-10-18-17-4-2-1-3-14(17)5-7-27-18)12-24-11-16(9-22-24)23-20(26)15-6-8-28-13-15/h1-4,6,8-9,11,13,18H,5,7,10,12H2,(H,21,25)(H,23,26)/t18-/m1/s1. The van der Waals surface area contributed by atoms with Crippen LogP contribution in [0.4, 0.5) is 5.69 Å². The summed E-state index contributed by atoms with van der Waals surface area (Å²) in [6.45, 7) is 1.14. The molecule has 8 heteroatoms. The highest BCUT2D eigenvalue weighted by atomic mass is 32.1. The average molecular weight is 396 g/mol. The van der Waals surface area contributed by atoms with Crippen molar-refractivity contribution >= 4 is 28.8 Å². The molecule has 1 aliphatic heterocycles. The molecule has 2 aromatic heterocycles. The molecular formula is C20H20N4O3S. The van der Waals surface area contributed by atoms with Crippen LogP contribution in [0.1, 0.15) is 27.6 Å². The first-order chi connectivity index (χ1) is 13.7. The zero-order valence-corrected chi connectivity index (χ0v) is 15.9. The maximum atomic E-state index is 12.3. The molecule has 4 rings (SSSR count). The average Bonchev–Trinajstić information content (AvgIpc) is 3.39. The fraction of sp³-hybridized carbons (Fsp3) is 0.250. The summed E-state index contributed by atoms with van der Waals surface area (Å²) in [7, 11) is 0. The Morgan fingerprint density at radius 2 is 2.18 bits per heavy atom. The van der Waals surface area contributed by atoms with Gasteiger partial charge in [-0.3, -0.25) is 14.3 Å². The Hall–Kier alpha value is -2.97. The highest BCUT2D eigenvalue weighted by Gasteiger charge is 2.21. The second-order valence-corrected chi connectivity index (χ2v) is 7.29. The van der Waals surface area contributed by atoms with Crippen LogP contribution in [0.15, 0.2) is 53.5 Å². The van der Waals surface area contributed by atoms with Crippen LogP contribution in [0.3, 0.4) is 0 Å². The zero-order chi connectivity index (χ0) is 19.3. The molecule has 1 aliphatic rings. The van der Waals surface area contributed by atoms with Crippen molar-refractivity contribution in [3.8, 4) is 0 Å². The van der Waals surface area contributed by atoms with Gasteiger partial charge in [0.2, 0.25) is 5.91 Å². The van der Waals surface area contributed by atoms with Gasteiger partial charge < -0.3 is 15.4 Å². The van der Waals surface area contributed by atoms with Crippen LogP contribution < -0.4 is 10.6 Å². The minimum absolute atomic E-state index is 0.0721. The lowest BCUT2D eigenvalue weighted by Crippen LogP contribution is -2.34. The largest absolute Gasteiger partial charge is 0.371 e. The summed E-state index contributed by atoms with van der Waals surface area (Å²) in [5.74, 6) is -0.358. The molecule has 0 spiro atoms. The Morgan fingerprint density at radius 3 is 3.04 bits per heavy atom. The van der Waals surface area contributed by atoms with Gasteiger partial charge in [0.15, 0.2) is 0 Å². The number of hydrogen-bond donors (Lipinski definition) is 2. The van der Waals surface area contributed by atoms with Crippen LogP contribution in [0, 0.1) is 0 Å². The summed E-state index contributed by atoms with van der Waals surface area (Å²) in [5.41, 5.74) is 3.55. The monoisotopic (exact) mass is 396 g/mol. The molecule has 2 N–H and O–H groups in total. The number of anilines is 1. The normalized spacial score (nSPS) is 15.6. The van der Waals surface area contributed by atoms with Crippen LogP contribution in [-0.2, 0) is 22.5 Å². The molecule has 0 saturated heterocycles. The van der Waals surface area contributed by atoms with Gasteiger partial charge in [-0.2, -0.15) is 16.4 Å². The minimum atomic E-state index is -0.196. The fourth-order valence-electron chi connectivity index (χ4n) is 3.17. The van der Waals surface area contributed by atoms with Crippen LogP contribution >= 0.6 is 11.3 Å². The fourth-order valence-corrected chi connectivity index (χ4v) is 3.80. The molecule has 1 aromatic carbocycles. The van der Waals surface area contributed by atoms with E-state index in [0.29, 0.717) is 24.4 Å². The molecule has 0 unspecified atom stereocenters. The van der Waals surface area contributed by atoms with Crippen LogP contribution in [0.2, 0.25) is 0 Å². The molecule has 2 amide bonds. The SMILES string of the molecule is O=C(Cn1cc(NC(=O)c2ccsc2)cn1)NC[C@H]1OCCc2ccccc21. The lowest BCUT2D eigenvalue weighted by Gasteiger charge is -2.26. The number of amides is 2. The second-order valence-electron chi connectivity index (χ2n) is 6.51. The number of benzene rings is 1. The lowest BCUT2D eigenvalue weighted by molar-refractivity contribution is -0.122. The van der Waals surface area contributed by atoms with E-state index in [4.69, 9.17) is 4.74 Å². The molecule has 1 atom stereocenters. The number of hydrogen-bond acceptors (Lipinski definition) is 5. The summed E-state index contributed by atoms with van der Waals surface area (Å²) < 4.78 is 7.30. The highest BCUT2D eigenvalue weighted by molar-refractivity contribution is 7.08. The quantitative estimate of drug-likeness (QED) is 0.671. The third kappa shape index (κ3) is 4.29. The van der Waals surface area contributed by atoms with E-state index in [9.17, 15) is 9.59 Å². The summed E-state index contributed by atoms with van der Waals surface area (Å²) in [4.78, 5) is 24.3. The summed E-state index contributed by atoms with van der Waals surface area (Å²) in [5, 5.41) is 13.4. The van der Waals surface area contributed by atoms with Gasteiger partial charge >= 0.3 is 0 Å². The molecule has 28 heavy (non-hydrogen) atoms. The van der Waals surface area contributed by atoms with Gasteiger partial charge in [-0.15, -0.1) is 0 Å². The van der Waals surface area contributed by atoms with Gasteiger partial charge in [0.25, 0.3) is 5.91 Å². The van der Waals surface area contributed by atoms with E-state index < -0.39 is 0 Å². The van der Waals surface area contributed by atoms with E-state index in [2.05, 4.69) is 21.8 Å². The molecule has 0 saturated carbocycles. The summed E-state index contributed by atoms with van der Waals surface area (Å²) in [6, 6.07) is 9.90. The van der Waals surface area contributed by atoms with E-state index >= 15 is 0 Å². The Morgan fingerprint density at radius 1 is 1.29 bits per heavy atom. The zero-order valence-electron chi connectivity index (χ0n) is 15.1. The number of carbonyl (C=O) groups is 2. The predicted octanol–water partition coefficient (Wildman–Crippen LogP) is 2.63. The van der Waals surface area contributed by atoms with E-state index in [0.717, 1.165) is 12.0 Å². The lowest BCUT2D eigenvalue weighted by atomic mass is 9.97. The van der Waals surface area contributed by atoms with Crippen molar-refractivity contribution in [2.24, 2.45) is 0 Å². The van der Waals surface area contributed by atoms with Crippen molar-refractivity contribution in [1.82, 2.24) is 15.1 Å². The number of rotatable bonds is 6. The number of ether oxygens (including phenoxy) is 1. The molecule has 3 aromatic rings. The minimum Gasteiger partial charge on any atom is -0.371 e. The van der Waals surface area contributed by atoms with E-state index in [-0.39, 0.29) is 24.5 Å². The van der Waals surface area contributed by atoms with Crippen molar-refractivity contribution < 1.29 is 14.3 Å². The van der Waals surface area contributed by atoms with Crippen LogP contribution in [0.5, 0.6) is 0 Å². The summed E-state index contributed by atoms with van der Waals surface area (Å²) >= 11 is 1.46. The molecule has 0 aliphatic carbocycles. The molecule has 0 radical (unpaired) electrons. The molecule has 0 bridgehead atoms. The number of nitrogens with zero attached hydrogens (tertiary/aromatic N) is 2. The number of nitrogens with one attached hydrogen (secondary N) is 2. The third-order valence-electron chi connectivity index (χ3n) is 4.56. The van der Waals surface area contributed by atoms with Crippen LogP contribution in [-0.4, -0.2) is 34.7 Å². The predicted molar refractivity (Wildman–Crippen MR) is 106 cm³/mol. The number of thiophene rings is 1. The molecule has 144 valence electrons. The Kier molecular flexibility index (Phi) is 5.50.